The summed E-state index contributed by atoms with van der Waals surface area (Å²) < 4.78 is 45.8. The molecule has 1 aromatic rings. The molecule has 4 unspecified atom stereocenters. The maximum Gasteiger partial charge on any atom is 0.439 e. The number of halogens is 2. The Morgan fingerprint density at radius 2 is 1.79 bits per heavy atom. The van der Waals surface area contributed by atoms with Crippen molar-refractivity contribution in [1.82, 2.24) is 25.4 Å². The summed E-state index contributed by atoms with van der Waals surface area (Å²) in [4.78, 5) is 51.6. The number of ketones is 1. The molecule has 1 aromatic carbocycles. The smallest absolute Gasteiger partial charge is 0.439 e. The summed E-state index contributed by atoms with van der Waals surface area (Å²) in [6.07, 6.45) is 12.4. The topological polar surface area (TPSA) is 154 Å². The van der Waals surface area contributed by atoms with Crippen LogP contribution in [0, 0.1) is 17.8 Å². The van der Waals surface area contributed by atoms with E-state index in [1.165, 1.54) is 36.4 Å². The minimum atomic E-state index is -3.35. The molecule has 2 saturated heterocycles. The number of piperidine rings is 1. The minimum Gasteiger partial charge on any atom is -0.444 e. The molecule has 5 fully saturated rings. The van der Waals surface area contributed by atoms with E-state index in [9.17, 15) is 27.6 Å². The highest BCUT2D eigenvalue weighted by molar-refractivity contribution is 7.88. The number of hydrogen-bond acceptors (Lipinski definition) is 8. The zero-order valence-electron chi connectivity index (χ0n) is 30.4. The number of rotatable bonds is 12. The van der Waals surface area contributed by atoms with Crippen molar-refractivity contribution in [2.75, 3.05) is 26.0 Å². The van der Waals surface area contributed by atoms with Gasteiger partial charge in [-0.25, -0.2) is 17.5 Å². The molecular formula is C37H55ClFN5O7S. The van der Waals surface area contributed by atoms with Gasteiger partial charge in [-0.3, -0.25) is 19.7 Å². The predicted molar refractivity (Wildman–Crippen MR) is 195 cm³/mol. The van der Waals surface area contributed by atoms with Crippen LogP contribution in [0.3, 0.4) is 0 Å². The highest BCUT2D eigenvalue weighted by Gasteiger charge is 2.48. The molecule has 1 spiro atoms. The molecule has 0 aromatic heterocycles. The Balaban J connectivity index is 0.000000668. The third-order valence-corrected chi connectivity index (χ3v) is 12.9. The van der Waals surface area contributed by atoms with Gasteiger partial charge >= 0.3 is 6.09 Å². The Morgan fingerprint density at radius 1 is 1.08 bits per heavy atom. The van der Waals surface area contributed by atoms with E-state index in [1.54, 1.807) is 6.07 Å². The molecule has 12 nitrogen and oxygen atoms in total. The highest BCUT2D eigenvalue weighted by Crippen LogP contribution is 2.37. The van der Waals surface area contributed by atoms with Crippen LogP contribution in [-0.4, -0.2) is 91.3 Å². The van der Waals surface area contributed by atoms with Gasteiger partial charge in [0.05, 0.1) is 12.3 Å². The predicted octanol–water partition coefficient (Wildman–Crippen LogP) is 5.04. The highest BCUT2D eigenvalue weighted by atomic mass is 35.5. The van der Waals surface area contributed by atoms with Crippen molar-refractivity contribution in [2.45, 2.75) is 127 Å². The lowest BCUT2D eigenvalue weighted by Gasteiger charge is -2.38. The molecule has 52 heavy (non-hydrogen) atoms. The first kappa shape index (κ1) is 40.4. The summed E-state index contributed by atoms with van der Waals surface area (Å²) in [6, 6.07) is 6.10. The van der Waals surface area contributed by atoms with Gasteiger partial charge in [-0.1, -0.05) is 67.2 Å². The number of Topliss-reactive ketones (excluding diaryl/α,β-unsaturated/α-hetero) is 1. The Morgan fingerprint density at radius 3 is 2.40 bits per heavy atom. The normalized spacial score (nSPS) is 25.5. The number of nitrogens with zero attached hydrogens (tertiary/aromatic N) is 2. The molecule has 5 aliphatic rings. The number of sulfonamides is 1. The molecule has 290 valence electrons. The zero-order chi connectivity index (χ0) is 37.5. The van der Waals surface area contributed by atoms with Crippen molar-refractivity contribution < 1.29 is 36.8 Å². The van der Waals surface area contributed by atoms with Crippen LogP contribution in [0.1, 0.15) is 102 Å². The fourth-order valence-corrected chi connectivity index (χ4v) is 9.12. The van der Waals surface area contributed by atoms with Crippen LogP contribution < -0.4 is 16.0 Å². The average molecular weight is 768 g/mol. The molecular weight excluding hydrogens is 713 g/mol. The van der Waals surface area contributed by atoms with Crippen molar-refractivity contribution in [3.63, 3.8) is 0 Å². The fourth-order valence-electron chi connectivity index (χ4n) is 8.06. The summed E-state index contributed by atoms with van der Waals surface area (Å²) in [6.45, 7) is 2.16. The van der Waals surface area contributed by atoms with E-state index in [4.69, 9.17) is 16.3 Å². The summed E-state index contributed by atoms with van der Waals surface area (Å²) >= 11 is 6.10. The molecule has 3 N–H and O–H groups in total. The number of amides is 3. The second-order valence-corrected chi connectivity index (χ2v) is 18.1. The van der Waals surface area contributed by atoms with E-state index >= 15 is 4.48 Å². The Kier molecular flexibility index (Phi) is 14.0. The second kappa shape index (κ2) is 18.0. The molecule has 3 amide bonds. The number of nitrogens with one attached hydrogen (secondary N) is 3. The Bertz CT molecular complexity index is 1530. The maximum atomic E-state index is 15.0. The van der Waals surface area contributed by atoms with Crippen LogP contribution in [0.2, 0.25) is 5.02 Å². The molecule has 6 rings (SSSR count). The number of carbonyl (C=O) groups excluding carboxylic acids is 4. The van der Waals surface area contributed by atoms with E-state index in [2.05, 4.69) is 22.9 Å². The van der Waals surface area contributed by atoms with Gasteiger partial charge in [0.15, 0.2) is 0 Å². The van der Waals surface area contributed by atoms with Crippen LogP contribution in [0.4, 0.5) is 9.28 Å². The molecule has 3 saturated carbocycles. The van der Waals surface area contributed by atoms with Gasteiger partial charge in [-0.2, -0.15) is 0 Å². The molecule has 3 aliphatic carbocycles. The lowest BCUT2D eigenvalue weighted by atomic mass is 9.82. The van der Waals surface area contributed by atoms with Gasteiger partial charge < -0.3 is 15.4 Å². The van der Waals surface area contributed by atoms with Gasteiger partial charge in [0, 0.05) is 41.5 Å². The molecule has 0 radical (unpaired) electrons. The van der Waals surface area contributed by atoms with Crippen molar-refractivity contribution in [2.24, 2.45) is 17.8 Å². The summed E-state index contributed by atoms with van der Waals surface area (Å²) in [5.41, 5.74) is 0.379. The van der Waals surface area contributed by atoms with E-state index in [0.29, 0.717) is 37.1 Å². The van der Waals surface area contributed by atoms with E-state index in [-0.39, 0.29) is 42.5 Å². The number of ether oxygens (including phenoxy) is 1. The first-order valence-electron chi connectivity index (χ1n) is 18.9. The quantitative estimate of drug-likeness (QED) is 0.152. The Labute approximate surface area is 312 Å². The zero-order valence-corrected chi connectivity index (χ0v) is 32.0. The summed E-state index contributed by atoms with van der Waals surface area (Å²) in [7, 11) is -3.35. The van der Waals surface area contributed by atoms with Gasteiger partial charge in [0.1, 0.15) is 12.8 Å². The summed E-state index contributed by atoms with van der Waals surface area (Å²) in [5, 5.41) is 8.75. The molecule has 4 atom stereocenters. The van der Waals surface area contributed by atoms with E-state index in [0.717, 1.165) is 43.4 Å². The van der Waals surface area contributed by atoms with Crippen molar-refractivity contribution in [1.29, 1.82) is 0 Å². The lowest BCUT2D eigenvalue weighted by Crippen LogP contribution is -2.51. The van der Waals surface area contributed by atoms with E-state index in [1.807, 2.05) is 18.2 Å². The number of carbonyl (C=O) groups is 4. The van der Waals surface area contributed by atoms with Crippen LogP contribution in [0.25, 0.3) is 0 Å². The maximum absolute atomic E-state index is 15.0. The second-order valence-electron chi connectivity index (χ2n) is 15.6. The third-order valence-electron chi connectivity index (χ3n) is 11.3. The summed E-state index contributed by atoms with van der Waals surface area (Å²) in [5.74, 6) is -1.61. The van der Waals surface area contributed by atoms with Crippen LogP contribution >= 0.6 is 11.6 Å². The molecule has 2 aliphatic heterocycles. The largest absolute Gasteiger partial charge is 0.444 e. The van der Waals surface area contributed by atoms with Gasteiger partial charge in [-0.15, -0.1) is 5.12 Å². The third kappa shape index (κ3) is 11.6. The Hall–Kier alpha value is -2.81. The van der Waals surface area contributed by atoms with Crippen LogP contribution in [-0.2, 0) is 35.6 Å². The lowest BCUT2D eigenvalue weighted by molar-refractivity contribution is -0.140. The molecule has 0 bridgehead atoms. The first-order chi connectivity index (χ1) is 24.7. The van der Waals surface area contributed by atoms with Gasteiger partial charge in [0.25, 0.3) is 5.91 Å². The van der Waals surface area contributed by atoms with Crippen molar-refractivity contribution in [3.05, 3.63) is 34.9 Å². The van der Waals surface area contributed by atoms with Gasteiger partial charge in [0.2, 0.25) is 21.7 Å². The number of benzene rings is 1. The fraction of sp³-hybridized carbons (Fsp3) is 0.730. The molecule has 2 heterocycles. The van der Waals surface area contributed by atoms with E-state index < -0.39 is 58.1 Å². The number of hydrogen-bond donors (Lipinski definition) is 3. The monoisotopic (exact) mass is 767 g/mol. The van der Waals surface area contributed by atoms with Crippen LogP contribution in [0.5, 0.6) is 0 Å². The average Bonchev–Trinajstić information content (AvgIpc) is 3.73. The minimum absolute atomic E-state index is 0.00622. The SMILES string of the molecule is CC1CCCCC1.CS(=O)(=O)N1CCC2(CC1)CC(CC(NCN(F)C(=O)OC1CCCC1Cc1cccc(Cl)c1)C(=O)C(=O)NC1CC1)C(=O)N2. The first-order valence-corrected chi connectivity index (χ1v) is 21.2. The van der Waals surface area contributed by atoms with Gasteiger partial charge in [-0.05, 0) is 87.8 Å². The standard InChI is InChI=1S/C30H41ClFN5O7S.C7H14/c1-45(42,43)36-12-10-30(11-13-36)17-21(27(39)35-30)16-24(26(38)28(40)34-23-8-9-23)33-18-37(32)29(41)44-25-7-3-5-20(25)14-19-4-2-6-22(31)15-19;1-7-5-3-2-4-6-7/h2,4,6,15,20-21,23-25,33H,3,5,7-14,16-18H2,1H3,(H,34,40)(H,35,39);7H,2-6H2,1H3. The van der Waals surface area contributed by atoms with Crippen LogP contribution in [0.15, 0.2) is 24.3 Å². The molecule has 15 heteroatoms. The van der Waals surface area contributed by atoms with Crippen molar-refractivity contribution >= 4 is 45.3 Å². The van der Waals surface area contributed by atoms with Crippen molar-refractivity contribution in [3.8, 4) is 0 Å².